The summed E-state index contributed by atoms with van der Waals surface area (Å²) in [6.07, 6.45) is 5.97. The summed E-state index contributed by atoms with van der Waals surface area (Å²) in [6, 6.07) is 8.33. The van der Waals surface area contributed by atoms with Gasteiger partial charge in [0.25, 0.3) is 0 Å². The number of aliphatic hydroxyl groups is 1. The Bertz CT molecular complexity index is 649. The number of nitrogens with zero attached hydrogens (tertiary/aromatic N) is 1. The molecule has 1 heterocycles. The van der Waals surface area contributed by atoms with Crippen molar-refractivity contribution in [3.8, 4) is 0 Å². The van der Waals surface area contributed by atoms with Gasteiger partial charge in [0.2, 0.25) is 5.91 Å². The predicted molar refractivity (Wildman–Crippen MR) is 87.6 cm³/mol. The highest BCUT2D eigenvalue weighted by Crippen LogP contribution is 2.26. The Morgan fingerprint density at radius 2 is 2.23 bits per heavy atom. The third-order valence-corrected chi connectivity index (χ3v) is 4.80. The van der Waals surface area contributed by atoms with Gasteiger partial charge >= 0.3 is 0 Å². The number of hydrogen-bond acceptors (Lipinski definition) is 2. The highest BCUT2D eigenvalue weighted by Gasteiger charge is 2.27. The first-order valence-electron chi connectivity index (χ1n) is 8.11. The number of amides is 1. The molecule has 0 aliphatic heterocycles. The number of fused-ring (bicyclic) bond motifs is 1. The second kappa shape index (κ2) is 6.53. The normalized spacial score (nSPS) is 21.4. The summed E-state index contributed by atoms with van der Waals surface area (Å²) in [7, 11) is 1.85. The Balaban J connectivity index is 1.52. The number of aromatic amines is 1. The minimum atomic E-state index is -0.230. The molecule has 1 aromatic heterocycles. The zero-order valence-corrected chi connectivity index (χ0v) is 13.1. The van der Waals surface area contributed by atoms with Crippen LogP contribution < -0.4 is 0 Å². The van der Waals surface area contributed by atoms with Gasteiger partial charge in [0.1, 0.15) is 0 Å². The SMILES string of the molecule is CN(CC1CCCC1O)C(=O)CCc1ccc2[nH]ccc2c1. The molecule has 0 saturated heterocycles. The molecule has 2 N–H and O–H groups in total. The molecule has 0 radical (unpaired) electrons. The molecule has 1 aliphatic carbocycles. The number of aliphatic hydroxyl groups excluding tert-OH is 1. The van der Waals surface area contributed by atoms with E-state index in [9.17, 15) is 9.90 Å². The second-order valence-electron chi connectivity index (χ2n) is 6.43. The van der Waals surface area contributed by atoms with Crippen LogP contribution in [0.4, 0.5) is 0 Å². The molecule has 2 unspecified atom stereocenters. The van der Waals surface area contributed by atoms with Crippen molar-refractivity contribution in [3.63, 3.8) is 0 Å². The fraction of sp³-hybridized carbons (Fsp3) is 0.500. The second-order valence-corrected chi connectivity index (χ2v) is 6.43. The van der Waals surface area contributed by atoms with E-state index in [2.05, 4.69) is 23.2 Å². The molecule has 22 heavy (non-hydrogen) atoms. The summed E-state index contributed by atoms with van der Waals surface area (Å²) >= 11 is 0. The molecular formula is C18H24N2O2. The van der Waals surface area contributed by atoms with E-state index in [1.165, 1.54) is 10.9 Å². The minimum Gasteiger partial charge on any atom is -0.393 e. The van der Waals surface area contributed by atoms with Crippen LogP contribution in [0.25, 0.3) is 10.9 Å². The van der Waals surface area contributed by atoms with E-state index in [-0.39, 0.29) is 17.9 Å². The van der Waals surface area contributed by atoms with Crippen LogP contribution in [0.2, 0.25) is 0 Å². The summed E-state index contributed by atoms with van der Waals surface area (Å²) < 4.78 is 0. The zero-order valence-electron chi connectivity index (χ0n) is 13.1. The smallest absolute Gasteiger partial charge is 0.222 e. The fourth-order valence-electron chi connectivity index (χ4n) is 3.38. The molecule has 118 valence electrons. The van der Waals surface area contributed by atoms with E-state index in [0.29, 0.717) is 13.0 Å². The number of H-pyrrole nitrogens is 1. The fourth-order valence-corrected chi connectivity index (χ4v) is 3.38. The third kappa shape index (κ3) is 3.33. The number of carbonyl (C=O) groups is 1. The Kier molecular flexibility index (Phi) is 4.48. The molecule has 4 nitrogen and oxygen atoms in total. The molecule has 4 heteroatoms. The van der Waals surface area contributed by atoms with Crippen LogP contribution in [0.5, 0.6) is 0 Å². The lowest BCUT2D eigenvalue weighted by Gasteiger charge is -2.23. The van der Waals surface area contributed by atoms with Crippen molar-refractivity contribution >= 4 is 16.8 Å². The molecule has 1 fully saturated rings. The van der Waals surface area contributed by atoms with Crippen LogP contribution in [0.15, 0.2) is 30.5 Å². The summed E-state index contributed by atoms with van der Waals surface area (Å²) in [5, 5.41) is 11.1. The summed E-state index contributed by atoms with van der Waals surface area (Å²) in [6.45, 7) is 0.677. The molecule has 1 aromatic carbocycles. The average Bonchev–Trinajstić information content (AvgIpc) is 3.13. The van der Waals surface area contributed by atoms with Gasteiger partial charge in [0.05, 0.1) is 6.10 Å². The average molecular weight is 300 g/mol. The molecule has 0 bridgehead atoms. The third-order valence-electron chi connectivity index (χ3n) is 4.80. The van der Waals surface area contributed by atoms with Gasteiger partial charge in [-0.2, -0.15) is 0 Å². The van der Waals surface area contributed by atoms with Crippen molar-refractivity contribution < 1.29 is 9.90 Å². The van der Waals surface area contributed by atoms with E-state index >= 15 is 0 Å². The maximum Gasteiger partial charge on any atom is 0.222 e. The molecule has 0 spiro atoms. The molecular weight excluding hydrogens is 276 g/mol. The van der Waals surface area contributed by atoms with Gasteiger partial charge in [-0.15, -0.1) is 0 Å². The van der Waals surface area contributed by atoms with Gasteiger partial charge in [0, 0.05) is 37.6 Å². The largest absolute Gasteiger partial charge is 0.393 e. The van der Waals surface area contributed by atoms with E-state index in [4.69, 9.17) is 0 Å². The number of benzene rings is 1. The lowest BCUT2D eigenvalue weighted by molar-refractivity contribution is -0.130. The van der Waals surface area contributed by atoms with Crippen molar-refractivity contribution in [1.29, 1.82) is 0 Å². The van der Waals surface area contributed by atoms with Crippen LogP contribution in [0, 0.1) is 5.92 Å². The molecule has 1 saturated carbocycles. The van der Waals surface area contributed by atoms with Crippen molar-refractivity contribution in [2.45, 2.75) is 38.2 Å². The van der Waals surface area contributed by atoms with Crippen LogP contribution in [-0.4, -0.2) is 40.6 Å². The molecule has 2 aromatic rings. The Hall–Kier alpha value is -1.81. The quantitative estimate of drug-likeness (QED) is 0.892. The first kappa shape index (κ1) is 15.1. The molecule has 3 rings (SSSR count). The van der Waals surface area contributed by atoms with Crippen LogP contribution >= 0.6 is 0 Å². The number of rotatable bonds is 5. The summed E-state index contributed by atoms with van der Waals surface area (Å²) in [5.41, 5.74) is 2.32. The van der Waals surface area contributed by atoms with Crippen molar-refractivity contribution in [3.05, 3.63) is 36.0 Å². The van der Waals surface area contributed by atoms with Gasteiger partial charge in [-0.25, -0.2) is 0 Å². The topological polar surface area (TPSA) is 56.3 Å². The Labute approximate surface area is 131 Å². The van der Waals surface area contributed by atoms with Gasteiger partial charge < -0.3 is 15.0 Å². The van der Waals surface area contributed by atoms with Gasteiger partial charge in [-0.3, -0.25) is 4.79 Å². The van der Waals surface area contributed by atoms with E-state index < -0.39 is 0 Å². The van der Waals surface area contributed by atoms with Crippen LogP contribution in [0.1, 0.15) is 31.2 Å². The highest BCUT2D eigenvalue weighted by atomic mass is 16.3. The van der Waals surface area contributed by atoms with Crippen LogP contribution in [0.3, 0.4) is 0 Å². The zero-order chi connectivity index (χ0) is 15.5. The number of carbonyl (C=O) groups excluding carboxylic acids is 1. The summed E-state index contributed by atoms with van der Waals surface area (Å²) in [5.74, 6) is 0.415. The monoisotopic (exact) mass is 300 g/mol. The van der Waals surface area contributed by atoms with Crippen molar-refractivity contribution in [2.75, 3.05) is 13.6 Å². The highest BCUT2D eigenvalue weighted by molar-refractivity contribution is 5.80. The van der Waals surface area contributed by atoms with E-state index in [0.717, 1.165) is 31.2 Å². The Morgan fingerprint density at radius 3 is 3.00 bits per heavy atom. The standard InChI is InChI=1S/C18H24N2O2/c1-20(12-15-3-2-4-17(15)21)18(22)8-6-13-5-7-16-14(11-13)9-10-19-16/h5,7,9-11,15,17,19,21H,2-4,6,8,12H2,1H3. The predicted octanol–water partition coefficient (Wildman–Crippen LogP) is 2.72. The Morgan fingerprint density at radius 1 is 1.36 bits per heavy atom. The van der Waals surface area contributed by atoms with Crippen LogP contribution in [-0.2, 0) is 11.2 Å². The number of hydrogen-bond donors (Lipinski definition) is 2. The van der Waals surface area contributed by atoms with Crippen molar-refractivity contribution in [1.82, 2.24) is 9.88 Å². The van der Waals surface area contributed by atoms with Gasteiger partial charge in [0.15, 0.2) is 0 Å². The molecule has 1 aliphatic rings. The minimum absolute atomic E-state index is 0.160. The van der Waals surface area contributed by atoms with E-state index in [1.54, 1.807) is 4.90 Å². The van der Waals surface area contributed by atoms with Gasteiger partial charge in [-0.1, -0.05) is 12.5 Å². The number of aryl methyl sites for hydroxylation is 1. The molecule has 1 amide bonds. The first-order valence-corrected chi connectivity index (χ1v) is 8.11. The maximum atomic E-state index is 12.3. The number of nitrogens with one attached hydrogen (secondary N) is 1. The first-order chi connectivity index (χ1) is 10.6. The lowest BCUT2D eigenvalue weighted by Crippen LogP contribution is -2.34. The molecule has 2 atom stereocenters. The lowest BCUT2D eigenvalue weighted by atomic mass is 10.0. The maximum absolute atomic E-state index is 12.3. The van der Waals surface area contributed by atoms with Gasteiger partial charge in [-0.05, 0) is 48.4 Å². The number of aromatic nitrogens is 1. The van der Waals surface area contributed by atoms with E-state index in [1.807, 2.05) is 19.3 Å². The summed E-state index contributed by atoms with van der Waals surface area (Å²) in [4.78, 5) is 17.2. The van der Waals surface area contributed by atoms with Crippen molar-refractivity contribution in [2.24, 2.45) is 5.92 Å².